The minimum absolute atomic E-state index is 0.129. The third-order valence-electron chi connectivity index (χ3n) is 6.54. The molecule has 1 amide bonds. The number of hydrogen-bond acceptors (Lipinski definition) is 5. The van der Waals surface area contributed by atoms with E-state index >= 15 is 0 Å². The lowest BCUT2D eigenvalue weighted by Gasteiger charge is -2.42. The van der Waals surface area contributed by atoms with Crippen molar-refractivity contribution in [1.29, 1.82) is 0 Å². The summed E-state index contributed by atoms with van der Waals surface area (Å²) >= 11 is 0. The Labute approximate surface area is 169 Å². The molecule has 1 N–H and O–H groups in total. The lowest BCUT2D eigenvalue weighted by atomic mass is 9.93. The molecular weight excluding hydrogens is 354 g/mol. The Balaban J connectivity index is 1.47. The minimum atomic E-state index is 0.129. The molecule has 0 bridgehead atoms. The highest BCUT2D eigenvalue weighted by Crippen LogP contribution is 2.25. The van der Waals surface area contributed by atoms with E-state index in [1.807, 2.05) is 11.7 Å². The number of methoxy groups -OCH3 is 1. The van der Waals surface area contributed by atoms with Gasteiger partial charge in [-0.1, -0.05) is 0 Å². The van der Waals surface area contributed by atoms with Gasteiger partial charge in [0.1, 0.15) is 0 Å². The van der Waals surface area contributed by atoms with Crippen LogP contribution in [0, 0.1) is 19.8 Å². The first-order valence-electron chi connectivity index (χ1n) is 10.7. The number of amides is 1. The molecule has 3 rings (SSSR count). The van der Waals surface area contributed by atoms with Crippen molar-refractivity contribution < 1.29 is 9.53 Å². The maximum Gasteiger partial charge on any atom is 0.224 e. The third-order valence-corrected chi connectivity index (χ3v) is 6.54. The Kier molecular flexibility index (Phi) is 7.48. The monoisotopic (exact) mass is 391 g/mol. The van der Waals surface area contributed by atoms with Crippen LogP contribution >= 0.6 is 0 Å². The third kappa shape index (κ3) is 5.13. The molecule has 7 nitrogen and oxygen atoms in total. The predicted molar refractivity (Wildman–Crippen MR) is 110 cm³/mol. The first kappa shape index (κ1) is 21.3. The molecule has 0 saturated carbocycles. The van der Waals surface area contributed by atoms with E-state index in [0.717, 1.165) is 51.3 Å². The number of ether oxygens (including phenoxy) is 1. The van der Waals surface area contributed by atoms with Crippen LogP contribution in [0.15, 0.2) is 0 Å². The summed E-state index contributed by atoms with van der Waals surface area (Å²) in [6.07, 6.45) is 4.51. The van der Waals surface area contributed by atoms with Crippen molar-refractivity contribution in [2.45, 2.75) is 52.1 Å². The predicted octanol–water partition coefficient (Wildman–Crippen LogP) is 1.48. The van der Waals surface area contributed by atoms with Gasteiger partial charge in [0, 0.05) is 51.1 Å². The summed E-state index contributed by atoms with van der Waals surface area (Å²) < 4.78 is 7.02. The Bertz CT molecular complexity index is 651. The summed E-state index contributed by atoms with van der Waals surface area (Å²) in [4.78, 5) is 17.5. The maximum absolute atomic E-state index is 12.4. The normalized spacial score (nSPS) is 22.5. The van der Waals surface area contributed by atoms with E-state index in [9.17, 15) is 4.79 Å². The van der Waals surface area contributed by atoms with Crippen LogP contribution in [0.5, 0.6) is 0 Å². The molecular formula is C21H37N5O2. The van der Waals surface area contributed by atoms with E-state index in [2.05, 4.69) is 34.1 Å². The van der Waals surface area contributed by atoms with Crippen LogP contribution in [-0.2, 0) is 23.1 Å². The topological polar surface area (TPSA) is 62.6 Å². The second-order valence-corrected chi connectivity index (χ2v) is 8.40. The summed E-state index contributed by atoms with van der Waals surface area (Å²) in [7, 11) is 3.69. The molecule has 0 spiro atoms. The summed E-state index contributed by atoms with van der Waals surface area (Å²) in [5.74, 6) is 0.325. The van der Waals surface area contributed by atoms with Gasteiger partial charge in [-0.3, -0.25) is 19.3 Å². The van der Waals surface area contributed by atoms with Crippen molar-refractivity contribution in [3.63, 3.8) is 0 Å². The van der Waals surface area contributed by atoms with Crippen LogP contribution < -0.4 is 5.32 Å². The fourth-order valence-corrected chi connectivity index (χ4v) is 4.69. The molecule has 0 aliphatic carbocycles. The number of rotatable bonds is 7. The van der Waals surface area contributed by atoms with Crippen LogP contribution in [0.4, 0.5) is 0 Å². The second kappa shape index (κ2) is 9.85. The number of likely N-dealkylation sites (tertiary alicyclic amines) is 2. The number of carbonyl (C=O) groups excluding carboxylic acids is 1. The summed E-state index contributed by atoms with van der Waals surface area (Å²) in [5, 5.41) is 7.57. The van der Waals surface area contributed by atoms with Gasteiger partial charge in [-0.15, -0.1) is 0 Å². The summed E-state index contributed by atoms with van der Waals surface area (Å²) in [5.41, 5.74) is 3.81. The Morgan fingerprint density at radius 3 is 2.61 bits per heavy atom. The first-order chi connectivity index (χ1) is 13.5. The molecule has 2 aliphatic heterocycles. The zero-order valence-corrected chi connectivity index (χ0v) is 18.0. The number of piperidine rings is 2. The Morgan fingerprint density at radius 1 is 1.21 bits per heavy atom. The SMILES string of the molecule is COCCNC(=O)C1CCCN(C2CCN(Cc3c(C)nn(C)c3C)CC2)C1. The van der Waals surface area contributed by atoms with Crippen molar-refractivity contribution in [3.8, 4) is 0 Å². The zero-order chi connectivity index (χ0) is 20.1. The van der Waals surface area contributed by atoms with Crippen molar-refractivity contribution in [2.24, 2.45) is 13.0 Å². The van der Waals surface area contributed by atoms with Gasteiger partial charge in [-0.25, -0.2) is 0 Å². The van der Waals surface area contributed by atoms with Crippen LogP contribution in [-0.4, -0.2) is 78.0 Å². The molecule has 7 heteroatoms. The number of nitrogens with zero attached hydrogens (tertiary/aromatic N) is 4. The summed E-state index contributed by atoms with van der Waals surface area (Å²) in [6, 6.07) is 0.613. The fourth-order valence-electron chi connectivity index (χ4n) is 4.69. The van der Waals surface area contributed by atoms with Gasteiger partial charge in [0.2, 0.25) is 5.91 Å². The Morgan fingerprint density at radius 2 is 1.96 bits per heavy atom. The van der Waals surface area contributed by atoms with Crippen LogP contribution in [0.2, 0.25) is 0 Å². The van der Waals surface area contributed by atoms with E-state index in [1.54, 1.807) is 7.11 Å². The van der Waals surface area contributed by atoms with Gasteiger partial charge in [0.25, 0.3) is 0 Å². The van der Waals surface area contributed by atoms with Crippen molar-refractivity contribution >= 4 is 5.91 Å². The first-order valence-corrected chi connectivity index (χ1v) is 10.7. The zero-order valence-electron chi connectivity index (χ0n) is 18.0. The van der Waals surface area contributed by atoms with Gasteiger partial charge in [-0.05, 0) is 59.2 Å². The van der Waals surface area contributed by atoms with Crippen LogP contribution in [0.3, 0.4) is 0 Å². The van der Waals surface area contributed by atoms with Gasteiger partial charge >= 0.3 is 0 Å². The highest BCUT2D eigenvalue weighted by molar-refractivity contribution is 5.78. The molecule has 3 heterocycles. The maximum atomic E-state index is 12.4. The van der Waals surface area contributed by atoms with Gasteiger partial charge < -0.3 is 10.1 Å². The number of aromatic nitrogens is 2. The van der Waals surface area contributed by atoms with Crippen molar-refractivity contribution in [3.05, 3.63) is 17.0 Å². The van der Waals surface area contributed by atoms with E-state index in [4.69, 9.17) is 4.74 Å². The molecule has 0 aromatic carbocycles. The largest absolute Gasteiger partial charge is 0.383 e. The molecule has 158 valence electrons. The number of nitrogens with one attached hydrogen (secondary N) is 1. The van der Waals surface area contributed by atoms with Gasteiger partial charge in [-0.2, -0.15) is 5.10 Å². The van der Waals surface area contributed by atoms with Crippen LogP contribution in [0.1, 0.15) is 42.6 Å². The molecule has 1 aromatic rings. The molecule has 2 fully saturated rings. The fraction of sp³-hybridized carbons (Fsp3) is 0.810. The number of carbonyl (C=O) groups is 1. The number of hydrogen-bond donors (Lipinski definition) is 1. The highest BCUT2D eigenvalue weighted by atomic mass is 16.5. The van der Waals surface area contributed by atoms with E-state index in [1.165, 1.54) is 24.1 Å². The van der Waals surface area contributed by atoms with E-state index in [0.29, 0.717) is 19.2 Å². The van der Waals surface area contributed by atoms with E-state index in [-0.39, 0.29) is 11.8 Å². The van der Waals surface area contributed by atoms with Crippen LogP contribution in [0.25, 0.3) is 0 Å². The van der Waals surface area contributed by atoms with Crippen molar-refractivity contribution in [2.75, 3.05) is 46.4 Å². The van der Waals surface area contributed by atoms with Gasteiger partial charge in [0.05, 0.1) is 18.2 Å². The molecule has 2 saturated heterocycles. The Hall–Kier alpha value is -1.44. The summed E-state index contributed by atoms with van der Waals surface area (Å²) in [6.45, 7) is 10.8. The van der Waals surface area contributed by atoms with Gasteiger partial charge in [0.15, 0.2) is 0 Å². The molecule has 1 atom stereocenters. The van der Waals surface area contributed by atoms with Crippen molar-refractivity contribution in [1.82, 2.24) is 24.9 Å². The standard InChI is InChI=1S/C21H37N5O2/c1-16-20(17(2)24(3)23-16)15-25-11-7-19(8-12-25)26-10-5-6-18(14-26)21(27)22-9-13-28-4/h18-19H,5-15H2,1-4H3,(H,22,27). The molecule has 0 radical (unpaired) electrons. The average Bonchev–Trinajstić information content (AvgIpc) is 2.95. The average molecular weight is 392 g/mol. The molecule has 2 aliphatic rings. The lowest BCUT2D eigenvalue weighted by Crippen LogP contribution is -2.50. The molecule has 1 aromatic heterocycles. The molecule has 28 heavy (non-hydrogen) atoms. The van der Waals surface area contributed by atoms with E-state index < -0.39 is 0 Å². The smallest absolute Gasteiger partial charge is 0.224 e. The molecule has 1 unspecified atom stereocenters. The lowest BCUT2D eigenvalue weighted by molar-refractivity contribution is -0.127. The number of aryl methyl sites for hydroxylation is 2. The second-order valence-electron chi connectivity index (χ2n) is 8.40. The quantitative estimate of drug-likeness (QED) is 0.714. The minimum Gasteiger partial charge on any atom is -0.383 e. The highest BCUT2D eigenvalue weighted by Gasteiger charge is 2.31.